The molecule has 0 aromatic heterocycles. The Morgan fingerprint density at radius 3 is 2.69 bits per heavy atom. The molecule has 0 saturated heterocycles. The van der Waals surface area contributed by atoms with E-state index in [2.05, 4.69) is 11.3 Å². The molecular formula is C9H15ClO5S. The van der Waals surface area contributed by atoms with E-state index in [0.717, 1.165) is 6.08 Å². The third kappa shape index (κ3) is 7.67. The Labute approximate surface area is 100 Å². The van der Waals surface area contributed by atoms with Gasteiger partial charge in [0.25, 0.3) is 10.1 Å². The van der Waals surface area contributed by atoms with Crippen LogP contribution in [0.15, 0.2) is 12.7 Å². The number of halogens is 1. The van der Waals surface area contributed by atoms with Gasteiger partial charge in [-0.05, 0) is 13.3 Å². The van der Waals surface area contributed by atoms with Gasteiger partial charge in [-0.25, -0.2) is 4.79 Å². The van der Waals surface area contributed by atoms with Gasteiger partial charge < -0.3 is 4.74 Å². The maximum atomic E-state index is 11.3. The maximum absolute atomic E-state index is 11.3. The topological polar surface area (TPSA) is 69.7 Å². The van der Waals surface area contributed by atoms with E-state index >= 15 is 0 Å². The summed E-state index contributed by atoms with van der Waals surface area (Å²) in [6.07, 6.45) is 0.639. The van der Waals surface area contributed by atoms with E-state index in [1.807, 2.05) is 0 Å². The van der Waals surface area contributed by atoms with Crippen LogP contribution in [0.5, 0.6) is 0 Å². The molecule has 0 aliphatic rings. The number of rotatable bonds is 8. The molecule has 0 aliphatic heterocycles. The van der Waals surface area contributed by atoms with Crippen LogP contribution in [0.4, 0.5) is 0 Å². The van der Waals surface area contributed by atoms with Crippen LogP contribution in [0.2, 0.25) is 0 Å². The Kier molecular flexibility index (Phi) is 7.36. The zero-order valence-electron chi connectivity index (χ0n) is 9.02. The molecule has 0 radical (unpaired) electrons. The lowest BCUT2D eigenvalue weighted by Gasteiger charge is -2.09. The van der Waals surface area contributed by atoms with Gasteiger partial charge in [-0.2, -0.15) is 8.42 Å². The summed E-state index contributed by atoms with van der Waals surface area (Å²) in [6.45, 7) is 4.78. The van der Waals surface area contributed by atoms with Gasteiger partial charge in [0, 0.05) is 12.0 Å². The van der Waals surface area contributed by atoms with E-state index in [1.165, 1.54) is 0 Å². The quantitative estimate of drug-likeness (QED) is 0.217. The molecule has 94 valence electrons. The van der Waals surface area contributed by atoms with Gasteiger partial charge in [-0.1, -0.05) is 6.58 Å². The van der Waals surface area contributed by atoms with Gasteiger partial charge in [0.1, 0.15) is 0 Å². The van der Waals surface area contributed by atoms with E-state index in [4.69, 9.17) is 15.8 Å². The first-order valence-corrected chi connectivity index (χ1v) is 6.78. The molecule has 1 atom stereocenters. The summed E-state index contributed by atoms with van der Waals surface area (Å²) in [4.78, 5) is 10.6. The van der Waals surface area contributed by atoms with Crippen molar-refractivity contribution in [3.63, 3.8) is 0 Å². The lowest BCUT2D eigenvalue weighted by Crippen LogP contribution is -2.20. The SMILES string of the molecule is C=CC(=O)OCCCS(=O)(=O)OC(C)CCl. The molecule has 0 fully saturated rings. The molecule has 0 aliphatic carbocycles. The highest BCUT2D eigenvalue weighted by Crippen LogP contribution is 2.03. The molecule has 5 nitrogen and oxygen atoms in total. The average molecular weight is 271 g/mol. The molecule has 0 heterocycles. The molecule has 0 spiro atoms. The van der Waals surface area contributed by atoms with Crippen LogP contribution in [0.3, 0.4) is 0 Å². The third-order valence-corrected chi connectivity index (χ3v) is 3.32. The number of carbonyl (C=O) groups excluding carboxylic acids is 1. The third-order valence-electron chi connectivity index (χ3n) is 1.48. The predicted molar refractivity (Wildman–Crippen MR) is 60.8 cm³/mol. The molecule has 0 bridgehead atoms. The minimum atomic E-state index is -3.60. The van der Waals surface area contributed by atoms with Crippen molar-refractivity contribution >= 4 is 27.7 Å². The maximum Gasteiger partial charge on any atom is 0.330 e. The van der Waals surface area contributed by atoms with E-state index < -0.39 is 22.2 Å². The molecule has 0 saturated carbocycles. The van der Waals surface area contributed by atoms with Crippen molar-refractivity contribution in [2.24, 2.45) is 0 Å². The average Bonchev–Trinajstić information content (AvgIpc) is 2.23. The predicted octanol–water partition coefficient (Wildman–Crippen LogP) is 1.08. The van der Waals surface area contributed by atoms with Crippen molar-refractivity contribution in [1.82, 2.24) is 0 Å². The van der Waals surface area contributed by atoms with Crippen molar-refractivity contribution in [3.8, 4) is 0 Å². The summed E-state index contributed by atoms with van der Waals surface area (Å²) in [6, 6.07) is 0. The standard InChI is InChI=1S/C9H15ClO5S/c1-3-9(11)14-5-4-6-16(12,13)15-8(2)7-10/h3,8H,1,4-7H2,2H3. The van der Waals surface area contributed by atoms with Crippen LogP contribution >= 0.6 is 11.6 Å². The van der Waals surface area contributed by atoms with Crippen molar-refractivity contribution in [3.05, 3.63) is 12.7 Å². The summed E-state index contributed by atoms with van der Waals surface area (Å²) >= 11 is 5.41. The molecule has 16 heavy (non-hydrogen) atoms. The second-order valence-electron chi connectivity index (χ2n) is 3.05. The van der Waals surface area contributed by atoms with Gasteiger partial charge in [0.2, 0.25) is 0 Å². The first kappa shape index (κ1) is 15.4. The van der Waals surface area contributed by atoms with Crippen molar-refractivity contribution in [2.45, 2.75) is 19.4 Å². The minimum absolute atomic E-state index is 0.0166. The van der Waals surface area contributed by atoms with Crippen LogP contribution in [-0.2, 0) is 23.8 Å². The number of hydrogen-bond acceptors (Lipinski definition) is 5. The number of hydrogen-bond donors (Lipinski definition) is 0. The molecule has 0 amide bonds. The smallest absolute Gasteiger partial charge is 0.330 e. The number of carbonyl (C=O) groups is 1. The minimum Gasteiger partial charge on any atom is -0.463 e. The van der Waals surface area contributed by atoms with Crippen LogP contribution in [0.1, 0.15) is 13.3 Å². The van der Waals surface area contributed by atoms with Crippen LogP contribution in [-0.4, -0.2) is 38.7 Å². The summed E-state index contributed by atoms with van der Waals surface area (Å²) in [7, 11) is -3.60. The summed E-state index contributed by atoms with van der Waals surface area (Å²) in [5.41, 5.74) is 0. The van der Waals surface area contributed by atoms with Crippen molar-refractivity contribution in [2.75, 3.05) is 18.2 Å². The van der Waals surface area contributed by atoms with Gasteiger partial charge in [0.15, 0.2) is 0 Å². The van der Waals surface area contributed by atoms with Crippen molar-refractivity contribution < 1.29 is 22.1 Å². The second kappa shape index (κ2) is 7.65. The normalized spacial score (nSPS) is 13.1. The van der Waals surface area contributed by atoms with Crippen LogP contribution in [0, 0.1) is 0 Å². The number of ether oxygens (including phenoxy) is 1. The Hall–Kier alpha value is -0.590. The van der Waals surface area contributed by atoms with E-state index in [-0.39, 0.29) is 24.7 Å². The fourth-order valence-electron chi connectivity index (χ4n) is 0.791. The highest BCUT2D eigenvalue weighted by Gasteiger charge is 2.15. The molecular weight excluding hydrogens is 256 g/mol. The van der Waals surface area contributed by atoms with Crippen molar-refractivity contribution in [1.29, 1.82) is 0 Å². The van der Waals surface area contributed by atoms with Crippen LogP contribution < -0.4 is 0 Å². The highest BCUT2D eigenvalue weighted by atomic mass is 35.5. The molecule has 0 aromatic carbocycles. The molecule has 0 N–H and O–H groups in total. The van der Waals surface area contributed by atoms with Gasteiger partial charge >= 0.3 is 5.97 Å². The first-order valence-electron chi connectivity index (χ1n) is 4.67. The number of esters is 1. The summed E-state index contributed by atoms with van der Waals surface area (Å²) in [5, 5.41) is 0. The first-order chi connectivity index (χ1) is 7.41. The highest BCUT2D eigenvalue weighted by molar-refractivity contribution is 7.86. The Balaban J connectivity index is 3.83. The Morgan fingerprint density at radius 2 is 2.19 bits per heavy atom. The van der Waals surface area contributed by atoms with Crippen LogP contribution in [0.25, 0.3) is 0 Å². The van der Waals surface area contributed by atoms with Gasteiger partial charge in [-0.3, -0.25) is 4.18 Å². The second-order valence-corrected chi connectivity index (χ2v) is 5.07. The Morgan fingerprint density at radius 1 is 1.56 bits per heavy atom. The Bertz CT molecular complexity index is 325. The number of alkyl halides is 1. The zero-order valence-corrected chi connectivity index (χ0v) is 10.6. The fraction of sp³-hybridized carbons (Fsp3) is 0.667. The largest absolute Gasteiger partial charge is 0.463 e. The van der Waals surface area contributed by atoms with E-state index in [9.17, 15) is 13.2 Å². The van der Waals surface area contributed by atoms with E-state index in [1.54, 1.807) is 6.92 Å². The van der Waals surface area contributed by atoms with Gasteiger partial charge in [0.05, 0.1) is 18.5 Å². The molecule has 0 rings (SSSR count). The fourth-order valence-corrected chi connectivity index (χ4v) is 2.07. The monoisotopic (exact) mass is 270 g/mol. The molecule has 1 unspecified atom stereocenters. The van der Waals surface area contributed by atoms with Gasteiger partial charge in [-0.15, -0.1) is 11.6 Å². The van der Waals surface area contributed by atoms with E-state index in [0.29, 0.717) is 0 Å². The molecule has 7 heteroatoms. The summed E-state index contributed by atoms with van der Waals surface area (Å²) in [5.74, 6) is -0.684. The lowest BCUT2D eigenvalue weighted by molar-refractivity contribution is -0.137. The zero-order chi connectivity index (χ0) is 12.6. The summed E-state index contributed by atoms with van der Waals surface area (Å²) < 4.78 is 31.9. The lowest BCUT2D eigenvalue weighted by atomic mass is 10.5. The molecule has 0 aromatic rings.